The molecule has 1 aromatic heterocycles. The van der Waals surface area contributed by atoms with Crippen molar-refractivity contribution in [3.63, 3.8) is 0 Å². The molecule has 1 heterocycles. The zero-order chi connectivity index (χ0) is 21.0. The molecule has 2 N–H and O–H groups in total. The van der Waals surface area contributed by atoms with Gasteiger partial charge in [0.15, 0.2) is 0 Å². The fraction of sp³-hybridized carbons (Fsp3) is 0.300. The molecule has 8 nitrogen and oxygen atoms in total. The van der Waals surface area contributed by atoms with Gasteiger partial charge in [0.25, 0.3) is 0 Å². The van der Waals surface area contributed by atoms with E-state index in [-0.39, 0.29) is 36.1 Å². The Morgan fingerprint density at radius 1 is 0.966 bits per heavy atom. The van der Waals surface area contributed by atoms with Crippen molar-refractivity contribution in [1.82, 2.24) is 19.2 Å². The monoisotopic (exact) mass is 416 g/mol. The van der Waals surface area contributed by atoms with E-state index in [1.165, 1.54) is 16.7 Å². The minimum absolute atomic E-state index is 0.0492. The van der Waals surface area contributed by atoms with Crippen molar-refractivity contribution >= 4 is 27.0 Å². The van der Waals surface area contributed by atoms with Gasteiger partial charge in [0.1, 0.15) is 6.54 Å². The molecule has 0 aliphatic carbocycles. The number of hydrogen-bond donors (Lipinski definition) is 2. The van der Waals surface area contributed by atoms with Crippen molar-refractivity contribution in [2.75, 3.05) is 13.1 Å². The average molecular weight is 417 g/mol. The highest BCUT2D eigenvalue weighted by atomic mass is 32.2. The van der Waals surface area contributed by atoms with Crippen LogP contribution in [0.3, 0.4) is 0 Å². The topological polar surface area (TPSA) is 102 Å². The number of rotatable bonds is 8. The van der Waals surface area contributed by atoms with E-state index in [0.717, 1.165) is 11.1 Å². The van der Waals surface area contributed by atoms with Gasteiger partial charge in [-0.1, -0.05) is 29.8 Å². The number of sulfonamides is 1. The number of nitrogens with zero attached hydrogens (tertiary/aromatic N) is 2. The zero-order valence-corrected chi connectivity index (χ0v) is 17.2. The minimum atomic E-state index is -3.63. The second kappa shape index (κ2) is 8.62. The van der Waals surface area contributed by atoms with Crippen LogP contribution in [0.15, 0.2) is 58.2 Å². The van der Waals surface area contributed by atoms with Crippen molar-refractivity contribution in [1.29, 1.82) is 0 Å². The quantitative estimate of drug-likeness (QED) is 0.539. The number of aromatic nitrogens is 2. The number of imidazole rings is 1. The smallest absolute Gasteiger partial charge is 0.329 e. The van der Waals surface area contributed by atoms with Crippen LogP contribution in [0, 0.1) is 6.92 Å². The Morgan fingerprint density at radius 3 is 2.21 bits per heavy atom. The van der Waals surface area contributed by atoms with E-state index in [2.05, 4.69) is 10.0 Å². The third-order valence-electron chi connectivity index (χ3n) is 4.61. The predicted octanol–water partition coefficient (Wildman–Crippen LogP) is 1.23. The van der Waals surface area contributed by atoms with Crippen molar-refractivity contribution in [2.45, 2.75) is 31.8 Å². The first-order valence-corrected chi connectivity index (χ1v) is 10.8. The summed E-state index contributed by atoms with van der Waals surface area (Å²) in [6, 6.07) is 13.8. The summed E-state index contributed by atoms with van der Waals surface area (Å²) in [6.07, 6.45) is 0. The standard InChI is InChI=1S/C20H24N4O4S/c1-3-23-17-6-4-5-7-18(17)24(20(23)26)14-19(25)21-12-13-22-29(27,28)16-10-8-15(2)9-11-16/h4-11,22H,3,12-14H2,1-2H3,(H,21,25). The number of fused-ring (bicyclic) bond motifs is 1. The van der Waals surface area contributed by atoms with E-state index >= 15 is 0 Å². The highest BCUT2D eigenvalue weighted by molar-refractivity contribution is 7.89. The molecule has 9 heteroatoms. The molecule has 0 aliphatic heterocycles. The van der Waals surface area contributed by atoms with Crippen LogP contribution in [-0.4, -0.2) is 36.5 Å². The first-order chi connectivity index (χ1) is 13.8. The molecule has 3 aromatic rings. The summed E-state index contributed by atoms with van der Waals surface area (Å²) in [7, 11) is -3.63. The lowest BCUT2D eigenvalue weighted by Gasteiger charge is -2.09. The molecular formula is C20H24N4O4S. The van der Waals surface area contributed by atoms with Crippen molar-refractivity contribution in [3.05, 3.63) is 64.6 Å². The van der Waals surface area contributed by atoms with Crippen LogP contribution in [0.4, 0.5) is 0 Å². The Labute approximate surface area is 169 Å². The summed E-state index contributed by atoms with van der Waals surface area (Å²) in [4.78, 5) is 25.0. The van der Waals surface area contributed by atoms with Gasteiger partial charge in [0.2, 0.25) is 15.9 Å². The van der Waals surface area contributed by atoms with E-state index in [4.69, 9.17) is 0 Å². The maximum absolute atomic E-state index is 12.6. The summed E-state index contributed by atoms with van der Waals surface area (Å²) in [5.41, 5.74) is 2.19. The molecule has 0 saturated heterocycles. The molecular weight excluding hydrogens is 392 g/mol. The van der Waals surface area contributed by atoms with Gasteiger partial charge in [0, 0.05) is 19.6 Å². The van der Waals surface area contributed by atoms with E-state index in [9.17, 15) is 18.0 Å². The van der Waals surface area contributed by atoms with Gasteiger partial charge in [-0.15, -0.1) is 0 Å². The van der Waals surface area contributed by atoms with Gasteiger partial charge >= 0.3 is 5.69 Å². The number of carbonyl (C=O) groups is 1. The molecule has 154 valence electrons. The first kappa shape index (κ1) is 20.8. The van der Waals surface area contributed by atoms with Crippen molar-refractivity contribution < 1.29 is 13.2 Å². The molecule has 3 rings (SSSR count). The highest BCUT2D eigenvalue weighted by Crippen LogP contribution is 2.12. The van der Waals surface area contributed by atoms with Crippen LogP contribution in [0.2, 0.25) is 0 Å². The number of para-hydroxylation sites is 2. The molecule has 0 fully saturated rings. The Morgan fingerprint density at radius 2 is 1.59 bits per heavy atom. The van der Waals surface area contributed by atoms with Crippen LogP contribution < -0.4 is 15.7 Å². The van der Waals surface area contributed by atoms with Crippen molar-refractivity contribution in [2.24, 2.45) is 0 Å². The molecule has 2 aromatic carbocycles. The number of aryl methyl sites for hydroxylation is 2. The van der Waals surface area contributed by atoms with Gasteiger partial charge in [-0.2, -0.15) is 0 Å². The molecule has 1 amide bonds. The molecule has 0 radical (unpaired) electrons. The highest BCUT2D eigenvalue weighted by Gasteiger charge is 2.15. The lowest BCUT2D eigenvalue weighted by molar-refractivity contribution is -0.121. The van der Waals surface area contributed by atoms with Crippen LogP contribution in [0.25, 0.3) is 11.0 Å². The Balaban J connectivity index is 1.59. The van der Waals surface area contributed by atoms with Crippen molar-refractivity contribution in [3.8, 4) is 0 Å². The maximum atomic E-state index is 12.6. The predicted molar refractivity (Wildman–Crippen MR) is 111 cm³/mol. The zero-order valence-electron chi connectivity index (χ0n) is 16.4. The van der Waals surface area contributed by atoms with E-state index in [1.807, 2.05) is 32.0 Å². The third-order valence-corrected chi connectivity index (χ3v) is 6.09. The lowest BCUT2D eigenvalue weighted by atomic mass is 10.2. The SMILES string of the molecule is CCn1c(=O)n(CC(=O)NCCNS(=O)(=O)c2ccc(C)cc2)c2ccccc21. The molecule has 29 heavy (non-hydrogen) atoms. The molecule has 0 unspecified atom stereocenters. The third kappa shape index (κ3) is 4.57. The summed E-state index contributed by atoms with van der Waals surface area (Å²) in [6.45, 7) is 4.30. The summed E-state index contributed by atoms with van der Waals surface area (Å²) < 4.78 is 30.0. The molecule has 0 atom stereocenters. The molecule has 0 bridgehead atoms. The van der Waals surface area contributed by atoms with Gasteiger partial charge < -0.3 is 5.32 Å². The van der Waals surface area contributed by atoms with Gasteiger partial charge in [0.05, 0.1) is 15.9 Å². The lowest BCUT2D eigenvalue weighted by Crippen LogP contribution is -2.37. The van der Waals surface area contributed by atoms with E-state index in [1.54, 1.807) is 22.8 Å². The van der Waals surface area contributed by atoms with E-state index < -0.39 is 10.0 Å². The van der Waals surface area contributed by atoms with Crippen LogP contribution in [-0.2, 0) is 27.9 Å². The maximum Gasteiger partial charge on any atom is 0.329 e. The van der Waals surface area contributed by atoms with Crippen LogP contribution >= 0.6 is 0 Å². The van der Waals surface area contributed by atoms with Crippen LogP contribution in [0.5, 0.6) is 0 Å². The Bertz CT molecular complexity index is 1180. The molecule has 0 saturated carbocycles. The summed E-state index contributed by atoms with van der Waals surface area (Å²) in [5, 5.41) is 2.65. The first-order valence-electron chi connectivity index (χ1n) is 9.34. The minimum Gasteiger partial charge on any atom is -0.353 e. The average Bonchev–Trinajstić information content (AvgIpc) is 2.97. The number of amides is 1. The fourth-order valence-corrected chi connectivity index (χ4v) is 4.15. The number of benzene rings is 2. The molecule has 0 spiro atoms. The van der Waals surface area contributed by atoms with Gasteiger partial charge in [-0.3, -0.25) is 13.9 Å². The fourth-order valence-electron chi connectivity index (χ4n) is 3.12. The largest absolute Gasteiger partial charge is 0.353 e. The Hall–Kier alpha value is -2.91. The van der Waals surface area contributed by atoms with Gasteiger partial charge in [-0.25, -0.2) is 17.9 Å². The second-order valence-electron chi connectivity index (χ2n) is 6.66. The normalized spacial score (nSPS) is 11.7. The molecule has 0 aliphatic rings. The number of hydrogen-bond acceptors (Lipinski definition) is 4. The number of carbonyl (C=O) groups excluding carboxylic acids is 1. The van der Waals surface area contributed by atoms with E-state index in [0.29, 0.717) is 12.1 Å². The number of nitrogens with one attached hydrogen (secondary N) is 2. The van der Waals surface area contributed by atoms with Gasteiger partial charge in [-0.05, 0) is 38.1 Å². The summed E-state index contributed by atoms with van der Waals surface area (Å²) in [5.74, 6) is -0.361. The Kier molecular flexibility index (Phi) is 6.19. The second-order valence-corrected chi connectivity index (χ2v) is 8.43. The van der Waals surface area contributed by atoms with Crippen LogP contribution in [0.1, 0.15) is 12.5 Å². The summed E-state index contributed by atoms with van der Waals surface area (Å²) >= 11 is 0.